The van der Waals surface area contributed by atoms with Crippen molar-refractivity contribution in [3.63, 3.8) is 0 Å². The molecule has 1 atom stereocenters. The summed E-state index contributed by atoms with van der Waals surface area (Å²) in [5.74, 6) is 0. The van der Waals surface area contributed by atoms with E-state index in [0.717, 1.165) is 12.5 Å². The van der Waals surface area contributed by atoms with Crippen LogP contribution < -0.4 is 5.73 Å². The van der Waals surface area contributed by atoms with Crippen molar-refractivity contribution >= 4 is 0 Å². The van der Waals surface area contributed by atoms with Gasteiger partial charge in [0.05, 0.1) is 0 Å². The van der Waals surface area contributed by atoms with Crippen molar-refractivity contribution < 1.29 is 0 Å². The van der Waals surface area contributed by atoms with Gasteiger partial charge in [-0.2, -0.15) is 0 Å². The zero-order valence-electron chi connectivity index (χ0n) is 9.71. The van der Waals surface area contributed by atoms with Crippen LogP contribution in [0.4, 0.5) is 0 Å². The number of hydrogen-bond donors (Lipinski definition) is 1. The lowest BCUT2D eigenvalue weighted by Crippen LogP contribution is -2.32. The number of rotatable bonds is 7. The largest absolute Gasteiger partial charge is 0.328 e. The number of hydrogen-bond acceptors (Lipinski definition) is 2. The van der Waals surface area contributed by atoms with Gasteiger partial charge in [0.2, 0.25) is 0 Å². The average molecular weight is 186 g/mol. The predicted molar refractivity (Wildman–Crippen MR) is 59.9 cm³/mol. The van der Waals surface area contributed by atoms with Crippen LogP contribution >= 0.6 is 0 Å². The summed E-state index contributed by atoms with van der Waals surface area (Å²) in [6.45, 7) is 7.79. The van der Waals surface area contributed by atoms with Crippen molar-refractivity contribution in [3.8, 4) is 0 Å². The minimum Gasteiger partial charge on any atom is -0.328 e. The molecular formula is C11H26N2. The second-order valence-electron chi connectivity index (χ2n) is 4.07. The molecule has 13 heavy (non-hydrogen) atoms. The van der Waals surface area contributed by atoms with E-state index in [9.17, 15) is 0 Å². The smallest absolute Gasteiger partial charge is 0.00869 e. The Kier molecular flexibility index (Phi) is 7.29. The number of nitrogens with two attached hydrogens (primary N) is 1. The molecule has 0 spiro atoms. The topological polar surface area (TPSA) is 29.3 Å². The van der Waals surface area contributed by atoms with Crippen LogP contribution in [0.3, 0.4) is 0 Å². The van der Waals surface area contributed by atoms with E-state index in [0.29, 0.717) is 6.04 Å². The van der Waals surface area contributed by atoms with Gasteiger partial charge in [0.15, 0.2) is 0 Å². The highest BCUT2D eigenvalue weighted by Gasteiger charge is 2.09. The quantitative estimate of drug-likeness (QED) is 0.660. The molecule has 0 saturated heterocycles. The van der Waals surface area contributed by atoms with Crippen molar-refractivity contribution in [1.82, 2.24) is 4.90 Å². The molecule has 0 aliphatic carbocycles. The van der Waals surface area contributed by atoms with Gasteiger partial charge in [-0.1, -0.05) is 13.8 Å². The standard InChI is InChI=1S/C11H26N2/c1-5-11(6-2)13(4)9-7-8-10(3)12/h10-11H,5-9,12H2,1-4H3. The molecule has 0 rings (SSSR count). The number of nitrogens with zero attached hydrogens (tertiary/aromatic N) is 1. The Morgan fingerprint density at radius 1 is 1.23 bits per heavy atom. The predicted octanol–water partition coefficient (Wildman–Crippen LogP) is 2.23. The van der Waals surface area contributed by atoms with Crippen LogP contribution in [0.15, 0.2) is 0 Å². The van der Waals surface area contributed by atoms with E-state index in [1.54, 1.807) is 0 Å². The van der Waals surface area contributed by atoms with Crippen LogP contribution in [-0.4, -0.2) is 30.6 Å². The van der Waals surface area contributed by atoms with Gasteiger partial charge in [-0.3, -0.25) is 0 Å². The van der Waals surface area contributed by atoms with Gasteiger partial charge in [0.1, 0.15) is 0 Å². The highest BCUT2D eigenvalue weighted by atomic mass is 15.1. The first-order valence-corrected chi connectivity index (χ1v) is 5.57. The Bertz CT molecular complexity index is 109. The summed E-state index contributed by atoms with van der Waals surface area (Å²) in [4.78, 5) is 2.46. The van der Waals surface area contributed by atoms with Crippen LogP contribution in [0.2, 0.25) is 0 Å². The van der Waals surface area contributed by atoms with Gasteiger partial charge < -0.3 is 10.6 Å². The molecule has 2 N–H and O–H groups in total. The molecule has 1 unspecified atom stereocenters. The fourth-order valence-electron chi connectivity index (χ4n) is 1.76. The SMILES string of the molecule is CCC(CC)N(C)CCCC(C)N. The van der Waals surface area contributed by atoms with E-state index in [1.807, 2.05) is 0 Å². The highest BCUT2D eigenvalue weighted by Crippen LogP contribution is 2.07. The minimum absolute atomic E-state index is 0.357. The van der Waals surface area contributed by atoms with Gasteiger partial charge in [-0.05, 0) is 46.2 Å². The molecule has 0 aromatic heterocycles. The maximum atomic E-state index is 5.70. The molecule has 0 aliphatic heterocycles. The summed E-state index contributed by atoms with van der Waals surface area (Å²) in [5.41, 5.74) is 5.70. The van der Waals surface area contributed by atoms with Crippen LogP contribution in [0.1, 0.15) is 46.5 Å². The van der Waals surface area contributed by atoms with Crippen molar-refractivity contribution in [2.75, 3.05) is 13.6 Å². The lowest BCUT2D eigenvalue weighted by atomic mass is 10.1. The zero-order valence-corrected chi connectivity index (χ0v) is 9.71. The fourth-order valence-corrected chi connectivity index (χ4v) is 1.76. The molecule has 0 aliphatic rings. The van der Waals surface area contributed by atoms with Crippen molar-refractivity contribution in [1.29, 1.82) is 0 Å². The molecule has 0 aromatic carbocycles. The summed E-state index contributed by atoms with van der Waals surface area (Å²) in [7, 11) is 2.22. The maximum Gasteiger partial charge on any atom is 0.00869 e. The van der Waals surface area contributed by atoms with Crippen molar-refractivity contribution in [2.24, 2.45) is 5.73 Å². The minimum atomic E-state index is 0.357. The zero-order chi connectivity index (χ0) is 10.3. The maximum absolute atomic E-state index is 5.70. The summed E-state index contributed by atoms with van der Waals surface area (Å²) >= 11 is 0. The van der Waals surface area contributed by atoms with Crippen LogP contribution in [-0.2, 0) is 0 Å². The first-order chi connectivity index (χ1) is 6.11. The van der Waals surface area contributed by atoms with Gasteiger partial charge in [-0.25, -0.2) is 0 Å². The third kappa shape index (κ3) is 6.05. The highest BCUT2D eigenvalue weighted by molar-refractivity contribution is 4.65. The Labute approximate surface area is 83.5 Å². The summed E-state index contributed by atoms with van der Waals surface area (Å²) in [6, 6.07) is 1.11. The fraction of sp³-hybridized carbons (Fsp3) is 1.00. The van der Waals surface area contributed by atoms with E-state index in [4.69, 9.17) is 5.73 Å². The van der Waals surface area contributed by atoms with E-state index in [-0.39, 0.29) is 0 Å². The summed E-state index contributed by atoms with van der Waals surface area (Å²) in [6.07, 6.45) is 4.88. The van der Waals surface area contributed by atoms with Gasteiger partial charge in [-0.15, -0.1) is 0 Å². The normalized spacial score (nSPS) is 14.1. The third-order valence-corrected chi connectivity index (χ3v) is 2.74. The Morgan fingerprint density at radius 2 is 1.77 bits per heavy atom. The van der Waals surface area contributed by atoms with Gasteiger partial charge >= 0.3 is 0 Å². The molecule has 0 radical (unpaired) electrons. The molecule has 0 amide bonds. The van der Waals surface area contributed by atoms with Crippen LogP contribution in [0.25, 0.3) is 0 Å². The molecule has 2 nitrogen and oxygen atoms in total. The third-order valence-electron chi connectivity index (χ3n) is 2.74. The van der Waals surface area contributed by atoms with E-state index in [2.05, 4.69) is 32.7 Å². The monoisotopic (exact) mass is 186 g/mol. The summed E-state index contributed by atoms with van der Waals surface area (Å²) < 4.78 is 0. The van der Waals surface area contributed by atoms with Crippen molar-refractivity contribution in [2.45, 2.75) is 58.5 Å². The second-order valence-corrected chi connectivity index (χ2v) is 4.07. The van der Waals surface area contributed by atoms with Crippen molar-refractivity contribution in [3.05, 3.63) is 0 Å². The molecule has 2 heteroatoms. The first kappa shape index (κ1) is 12.9. The van der Waals surface area contributed by atoms with Gasteiger partial charge in [0.25, 0.3) is 0 Å². The lowest BCUT2D eigenvalue weighted by molar-refractivity contribution is 0.224. The Morgan fingerprint density at radius 3 is 2.15 bits per heavy atom. The molecular weight excluding hydrogens is 160 g/mol. The molecule has 0 bridgehead atoms. The van der Waals surface area contributed by atoms with Crippen LogP contribution in [0.5, 0.6) is 0 Å². The molecule has 0 saturated carbocycles. The van der Waals surface area contributed by atoms with E-state index < -0.39 is 0 Å². The molecule has 80 valence electrons. The van der Waals surface area contributed by atoms with Crippen LogP contribution in [0, 0.1) is 0 Å². The lowest BCUT2D eigenvalue weighted by Gasteiger charge is -2.26. The average Bonchev–Trinajstić information content (AvgIpc) is 2.05. The Balaban J connectivity index is 3.53. The second kappa shape index (κ2) is 7.34. The Hall–Kier alpha value is -0.0800. The summed E-state index contributed by atoms with van der Waals surface area (Å²) in [5, 5.41) is 0. The molecule has 0 heterocycles. The van der Waals surface area contributed by atoms with E-state index >= 15 is 0 Å². The molecule has 0 aromatic rings. The molecule has 0 fully saturated rings. The first-order valence-electron chi connectivity index (χ1n) is 5.57. The van der Waals surface area contributed by atoms with E-state index in [1.165, 1.54) is 25.8 Å². The van der Waals surface area contributed by atoms with Gasteiger partial charge in [0, 0.05) is 12.1 Å².